The van der Waals surface area contributed by atoms with Crippen molar-refractivity contribution in [2.45, 2.75) is 158 Å². The Hall–Kier alpha value is -3.44. The second-order valence-electron chi connectivity index (χ2n) is 17.1. The van der Waals surface area contributed by atoms with Gasteiger partial charge in [-0.05, 0) is 79.1 Å². The highest BCUT2D eigenvalue weighted by Crippen LogP contribution is 2.44. The Balaban J connectivity index is 1.63. The number of nitrogens with zero attached hydrogens (tertiary/aromatic N) is 1. The maximum absolute atomic E-state index is 14.8. The topological polar surface area (TPSA) is 180 Å². The number of carbonyl (C=O) groups is 5. The molecule has 2 saturated heterocycles. The standard InChI is InChI=1S/C39H61N5O8S/c1-8-10-19-28(32(45)34(47)40-22-9-2)41-33(46)31-27-23-38(6,7)52-29(27)24-44(31)35(48)30(26-17-13-11-14-18-26)42-36(49)43-39(20-15-12-16-21-39)25-53(50,51)37(3,4)5/h1,9,26-31H,2,10-25H2,3-7H3,(H,40,47)(H,41,46)(H2,42,43,49)/t27-,28?,29-,30-,31-/m0/s1. The monoisotopic (exact) mass is 759 g/mol. The van der Waals surface area contributed by atoms with Crippen molar-refractivity contribution in [3.63, 3.8) is 0 Å². The van der Waals surface area contributed by atoms with Crippen molar-refractivity contribution in [2.24, 2.45) is 11.8 Å². The van der Waals surface area contributed by atoms with E-state index in [2.05, 4.69) is 33.8 Å². The number of Topliss-reactive ketones (excluding diaryl/α,β-unsaturated/α-hetero) is 1. The molecule has 0 aromatic carbocycles. The summed E-state index contributed by atoms with van der Waals surface area (Å²) in [6, 6.07) is -3.85. The van der Waals surface area contributed by atoms with Crippen LogP contribution in [0.3, 0.4) is 0 Å². The van der Waals surface area contributed by atoms with Crippen molar-refractivity contribution in [3.8, 4) is 12.3 Å². The molecule has 0 aromatic rings. The highest BCUT2D eigenvalue weighted by Gasteiger charge is 2.56. The van der Waals surface area contributed by atoms with Crippen LogP contribution in [0, 0.1) is 24.2 Å². The van der Waals surface area contributed by atoms with Crippen LogP contribution in [0.25, 0.3) is 0 Å². The number of ketones is 1. The van der Waals surface area contributed by atoms with E-state index in [0.717, 1.165) is 38.5 Å². The number of likely N-dealkylation sites (tertiary alicyclic amines) is 1. The van der Waals surface area contributed by atoms with Gasteiger partial charge < -0.3 is 30.9 Å². The van der Waals surface area contributed by atoms with Crippen LogP contribution in [0.1, 0.15) is 118 Å². The number of amides is 5. The summed E-state index contributed by atoms with van der Waals surface area (Å²) < 4.78 is 32.2. The number of ether oxygens (including phenoxy) is 1. The van der Waals surface area contributed by atoms with Gasteiger partial charge in [0, 0.05) is 25.4 Å². The molecule has 4 fully saturated rings. The van der Waals surface area contributed by atoms with Crippen molar-refractivity contribution in [2.75, 3.05) is 18.8 Å². The van der Waals surface area contributed by atoms with Crippen molar-refractivity contribution in [1.82, 2.24) is 26.2 Å². The lowest BCUT2D eigenvalue weighted by atomic mass is 9.82. The molecule has 5 atom stereocenters. The number of nitrogens with one attached hydrogen (secondary N) is 4. The molecular weight excluding hydrogens is 699 g/mol. The van der Waals surface area contributed by atoms with E-state index in [1.54, 1.807) is 20.8 Å². The van der Waals surface area contributed by atoms with Crippen LogP contribution >= 0.6 is 0 Å². The Labute approximate surface area is 315 Å². The van der Waals surface area contributed by atoms with Gasteiger partial charge in [0.2, 0.25) is 17.6 Å². The minimum atomic E-state index is -3.59. The number of fused-ring (bicyclic) bond motifs is 1. The molecule has 13 nitrogen and oxygen atoms in total. The summed E-state index contributed by atoms with van der Waals surface area (Å²) >= 11 is 0. The number of urea groups is 1. The zero-order chi connectivity index (χ0) is 39.2. The Morgan fingerprint density at radius 1 is 1.02 bits per heavy atom. The molecule has 0 aromatic heterocycles. The maximum atomic E-state index is 14.8. The average molecular weight is 760 g/mol. The van der Waals surface area contributed by atoms with Crippen molar-refractivity contribution in [1.29, 1.82) is 0 Å². The zero-order valence-electron chi connectivity index (χ0n) is 32.3. The van der Waals surface area contributed by atoms with Crippen LogP contribution in [-0.4, -0.2) is 102 Å². The minimum absolute atomic E-state index is 0.0262. The van der Waals surface area contributed by atoms with Gasteiger partial charge in [0.25, 0.3) is 5.91 Å². The van der Waals surface area contributed by atoms with Crippen LogP contribution in [0.15, 0.2) is 12.7 Å². The minimum Gasteiger partial charge on any atom is -0.370 e. The molecule has 0 bridgehead atoms. The second-order valence-corrected chi connectivity index (χ2v) is 19.8. The normalized spacial score (nSPS) is 25.2. The number of sulfone groups is 1. The molecular formula is C39H61N5O8S. The summed E-state index contributed by atoms with van der Waals surface area (Å²) in [5.74, 6) is -1.11. The van der Waals surface area contributed by atoms with Gasteiger partial charge in [0.15, 0.2) is 9.84 Å². The first kappa shape index (κ1) is 42.3. The van der Waals surface area contributed by atoms with Gasteiger partial charge in [-0.25, -0.2) is 13.2 Å². The van der Waals surface area contributed by atoms with E-state index < -0.39 is 85.4 Å². The first-order chi connectivity index (χ1) is 24.8. The molecule has 2 saturated carbocycles. The fraction of sp³-hybridized carbons (Fsp3) is 0.769. The predicted molar refractivity (Wildman–Crippen MR) is 202 cm³/mol. The fourth-order valence-electron chi connectivity index (χ4n) is 8.56. The van der Waals surface area contributed by atoms with E-state index in [1.165, 1.54) is 11.0 Å². The number of carbonyl (C=O) groups excluding carboxylic acids is 5. The van der Waals surface area contributed by atoms with Crippen LogP contribution in [0.2, 0.25) is 0 Å². The summed E-state index contributed by atoms with van der Waals surface area (Å²) in [5.41, 5.74) is -1.53. The molecule has 0 spiro atoms. The van der Waals surface area contributed by atoms with E-state index >= 15 is 0 Å². The summed E-state index contributed by atoms with van der Waals surface area (Å²) in [4.78, 5) is 70.4. The zero-order valence-corrected chi connectivity index (χ0v) is 33.1. The third kappa shape index (κ3) is 10.4. The Morgan fingerprint density at radius 2 is 1.66 bits per heavy atom. The molecule has 4 aliphatic rings. The lowest BCUT2D eigenvalue weighted by Crippen LogP contribution is -2.63. The van der Waals surface area contributed by atoms with E-state index in [-0.39, 0.29) is 37.6 Å². The Bertz CT molecular complexity index is 1530. The van der Waals surface area contributed by atoms with Crippen LogP contribution in [-0.2, 0) is 33.8 Å². The largest absolute Gasteiger partial charge is 0.370 e. The van der Waals surface area contributed by atoms with Gasteiger partial charge in [0.05, 0.1) is 33.8 Å². The van der Waals surface area contributed by atoms with Crippen molar-refractivity contribution < 1.29 is 37.1 Å². The van der Waals surface area contributed by atoms with Crippen LogP contribution in [0.5, 0.6) is 0 Å². The van der Waals surface area contributed by atoms with Crippen molar-refractivity contribution >= 4 is 39.4 Å². The average Bonchev–Trinajstić information content (AvgIpc) is 3.58. The first-order valence-electron chi connectivity index (χ1n) is 19.3. The Morgan fingerprint density at radius 3 is 2.26 bits per heavy atom. The lowest BCUT2D eigenvalue weighted by molar-refractivity contribution is -0.144. The lowest BCUT2D eigenvalue weighted by Gasteiger charge is -2.41. The molecule has 5 amide bonds. The third-order valence-corrected chi connectivity index (χ3v) is 14.2. The molecule has 296 valence electrons. The van der Waals surface area contributed by atoms with E-state index in [4.69, 9.17) is 11.2 Å². The third-order valence-electron chi connectivity index (χ3n) is 11.4. The van der Waals surface area contributed by atoms with Gasteiger partial charge >= 0.3 is 6.03 Å². The molecule has 14 heteroatoms. The van der Waals surface area contributed by atoms with Gasteiger partial charge in [-0.15, -0.1) is 18.9 Å². The predicted octanol–water partition coefficient (Wildman–Crippen LogP) is 3.31. The highest BCUT2D eigenvalue weighted by molar-refractivity contribution is 7.92. The SMILES string of the molecule is C#CCCC(NC(=O)[C@@H]1[C@H]2CC(C)(C)O[C@H]2CN1C(=O)[C@@H](NC(=O)NC1(CS(=O)(=O)C(C)(C)C)CCCCC1)C1CCCCC1)C(=O)C(=O)NCC=C. The molecule has 2 heterocycles. The fourth-order valence-corrected chi connectivity index (χ4v) is 10.1. The van der Waals surface area contributed by atoms with Crippen molar-refractivity contribution in [3.05, 3.63) is 12.7 Å². The van der Waals surface area contributed by atoms with Gasteiger partial charge in [0.1, 0.15) is 12.1 Å². The van der Waals surface area contributed by atoms with Gasteiger partial charge in [-0.3, -0.25) is 19.2 Å². The summed E-state index contributed by atoms with van der Waals surface area (Å²) in [6.45, 7) is 12.5. The van der Waals surface area contributed by atoms with E-state index in [1.807, 2.05) is 13.8 Å². The Kier molecular flexibility index (Phi) is 13.9. The molecule has 1 unspecified atom stereocenters. The number of hydrogen-bond acceptors (Lipinski definition) is 8. The smallest absolute Gasteiger partial charge is 0.315 e. The molecule has 2 aliphatic heterocycles. The maximum Gasteiger partial charge on any atom is 0.315 e. The quantitative estimate of drug-likeness (QED) is 0.118. The number of rotatable bonds is 14. The molecule has 4 N–H and O–H groups in total. The number of terminal acetylenes is 1. The van der Waals surface area contributed by atoms with Gasteiger partial charge in [-0.2, -0.15) is 0 Å². The molecule has 4 rings (SSSR count). The molecule has 0 radical (unpaired) electrons. The first-order valence-corrected chi connectivity index (χ1v) is 20.9. The molecule has 53 heavy (non-hydrogen) atoms. The molecule has 2 aliphatic carbocycles. The van der Waals surface area contributed by atoms with Crippen LogP contribution < -0.4 is 21.3 Å². The second kappa shape index (κ2) is 17.4. The summed E-state index contributed by atoms with van der Waals surface area (Å²) in [7, 11) is -3.59. The number of hydrogen-bond donors (Lipinski definition) is 4. The summed E-state index contributed by atoms with van der Waals surface area (Å²) in [5, 5.41) is 11.2. The summed E-state index contributed by atoms with van der Waals surface area (Å²) in [6.07, 6.45) is 14.7. The van der Waals surface area contributed by atoms with Gasteiger partial charge in [-0.1, -0.05) is 44.6 Å². The highest BCUT2D eigenvalue weighted by atomic mass is 32.2. The van der Waals surface area contributed by atoms with Crippen LogP contribution in [0.4, 0.5) is 4.79 Å². The van der Waals surface area contributed by atoms with E-state index in [0.29, 0.717) is 32.1 Å². The van der Waals surface area contributed by atoms with E-state index in [9.17, 15) is 32.4 Å².